The second kappa shape index (κ2) is 8.85. The Kier molecular flexibility index (Phi) is 5.87. The van der Waals surface area contributed by atoms with Crippen LogP contribution in [0.25, 0.3) is 32.8 Å². The van der Waals surface area contributed by atoms with Crippen molar-refractivity contribution in [2.75, 3.05) is 31.2 Å². The van der Waals surface area contributed by atoms with Crippen LogP contribution in [0.5, 0.6) is 5.75 Å². The molecule has 0 aliphatic carbocycles. The van der Waals surface area contributed by atoms with E-state index in [9.17, 15) is 14.3 Å². The number of nitrogens with zero attached hydrogens (tertiary/aromatic N) is 3. The fourth-order valence-electron chi connectivity index (χ4n) is 4.54. The molecule has 1 N–H and O–H groups in total. The summed E-state index contributed by atoms with van der Waals surface area (Å²) in [6.45, 7) is 3.79. The van der Waals surface area contributed by atoms with Crippen LogP contribution in [0.2, 0.25) is 5.02 Å². The number of carbonyl (C=O) groups excluding carboxylic acids is 1. The Morgan fingerprint density at radius 1 is 1.26 bits per heavy atom. The predicted octanol–water partition coefficient (Wildman–Crippen LogP) is 5.79. The molecule has 0 radical (unpaired) electrons. The van der Waals surface area contributed by atoms with Crippen LogP contribution in [0.15, 0.2) is 55.1 Å². The predicted molar refractivity (Wildman–Crippen MR) is 133 cm³/mol. The van der Waals surface area contributed by atoms with Crippen LogP contribution in [0.1, 0.15) is 0 Å². The molecule has 1 unspecified atom stereocenters. The summed E-state index contributed by atoms with van der Waals surface area (Å²) >= 11 is 7.69. The highest BCUT2D eigenvalue weighted by molar-refractivity contribution is 7.11. The van der Waals surface area contributed by atoms with Gasteiger partial charge in [-0.05, 0) is 52.1 Å². The zero-order valence-corrected chi connectivity index (χ0v) is 19.5. The summed E-state index contributed by atoms with van der Waals surface area (Å²) in [7, 11) is 0. The number of aromatic nitrogens is 1. The number of carbonyl (C=O) groups is 1. The van der Waals surface area contributed by atoms with E-state index in [1.54, 1.807) is 17.0 Å². The SMILES string of the molecule is C=CC(=O)N1CCN(c2snc3c(F)c(-c4cc(O)cc5ccccc45)c(Cl)cc23)C(CF)C1. The number of phenols is 1. The lowest BCUT2D eigenvalue weighted by molar-refractivity contribution is -0.126. The Labute approximate surface area is 203 Å². The first-order chi connectivity index (χ1) is 16.4. The molecule has 1 aliphatic rings. The summed E-state index contributed by atoms with van der Waals surface area (Å²) in [4.78, 5) is 15.4. The molecule has 34 heavy (non-hydrogen) atoms. The number of phenolic OH excluding ortho intramolecular Hbond substituents is 1. The number of halogens is 3. The van der Waals surface area contributed by atoms with E-state index in [0.29, 0.717) is 29.0 Å². The number of alkyl halides is 1. The van der Waals surface area contributed by atoms with E-state index in [0.717, 1.165) is 22.3 Å². The zero-order valence-electron chi connectivity index (χ0n) is 18.0. The molecule has 174 valence electrons. The van der Waals surface area contributed by atoms with Crippen molar-refractivity contribution in [1.29, 1.82) is 0 Å². The lowest BCUT2D eigenvalue weighted by atomic mass is 9.96. The number of hydrogen-bond acceptors (Lipinski definition) is 5. The van der Waals surface area contributed by atoms with E-state index in [1.165, 1.54) is 12.1 Å². The van der Waals surface area contributed by atoms with Gasteiger partial charge in [0.05, 0.1) is 11.1 Å². The number of aromatic hydroxyl groups is 1. The van der Waals surface area contributed by atoms with Crippen molar-refractivity contribution >= 4 is 55.7 Å². The molecule has 1 atom stereocenters. The van der Waals surface area contributed by atoms with Crippen LogP contribution in [-0.2, 0) is 4.79 Å². The van der Waals surface area contributed by atoms with Gasteiger partial charge in [0.25, 0.3) is 0 Å². The van der Waals surface area contributed by atoms with Gasteiger partial charge in [-0.25, -0.2) is 8.78 Å². The van der Waals surface area contributed by atoms with Crippen molar-refractivity contribution in [2.24, 2.45) is 0 Å². The first-order valence-electron chi connectivity index (χ1n) is 10.7. The molecule has 1 saturated heterocycles. The number of amides is 1. The van der Waals surface area contributed by atoms with Crippen molar-refractivity contribution < 1.29 is 18.7 Å². The molecule has 2 heterocycles. The number of anilines is 1. The summed E-state index contributed by atoms with van der Waals surface area (Å²) in [6, 6.07) is 11.5. The fraction of sp³-hybridized carbons (Fsp3) is 0.200. The topological polar surface area (TPSA) is 56.7 Å². The van der Waals surface area contributed by atoms with Crippen molar-refractivity contribution in [3.63, 3.8) is 0 Å². The van der Waals surface area contributed by atoms with Crippen molar-refractivity contribution in [3.05, 3.63) is 66.0 Å². The van der Waals surface area contributed by atoms with Gasteiger partial charge in [-0.1, -0.05) is 42.4 Å². The Morgan fingerprint density at radius 2 is 2.06 bits per heavy atom. The molecule has 4 aromatic rings. The first kappa shape index (κ1) is 22.6. The van der Waals surface area contributed by atoms with Gasteiger partial charge in [0, 0.05) is 30.6 Å². The van der Waals surface area contributed by atoms with E-state index >= 15 is 4.39 Å². The van der Waals surface area contributed by atoms with Gasteiger partial charge in [0.1, 0.15) is 22.9 Å². The lowest BCUT2D eigenvalue weighted by Gasteiger charge is -2.40. The number of benzene rings is 3. The number of fused-ring (bicyclic) bond motifs is 2. The van der Waals surface area contributed by atoms with Crippen LogP contribution in [0, 0.1) is 5.82 Å². The summed E-state index contributed by atoms with van der Waals surface area (Å²) < 4.78 is 34.2. The highest BCUT2D eigenvalue weighted by Gasteiger charge is 2.32. The molecular weight excluding hydrogens is 480 g/mol. The van der Waals surface area contributed by atoms with Crippen LogP contribution in [0.4, 0.5) is 13.8 Å². The molecule has 0 bridgehead atoms. The van der Waals surface area contributed by atoms with Crippen LogP contribution in [0.3, 0.4) is 0 Å². The third-order valence-corrected chi connectivity index (χ3v) is 7.37. The third-order valence-electron chi connectivity index (χ3n) is 6.17. The molecule has 0 saturated carbocycles. The quantitative estimate of drug-likeness (QED) is 0.361. The average Bonchev–Trinajstić information content (AvgIpc) is 3.26. The van der Waals surface area contributed by atoms with E-state index in [1.807, 2.05) is 29.2 Å². The minimum absolute atomic E-state index is 0.000889. The van der Waals surface area contributed by atoms with Gasteiger partial charge in [-0.2, -0.15) is 4.37 Å². The maximum absolute atomic E-state index is 15.9. The highest BCUT2D eigenvalue weighted by atomic mass is 35.5. The number of piperazine rings is 1. The Bertz CT molecular complexity index is 1440. The minimum atomic E-state index is -0.677. The van der Waals surface area contributed by atoms with E-state index in [2.05, 4.69) is 11.0 Å². The maximum atomic E-state index is 15.9. The molecule has 0 spiro atoms. The molecule has 5 nitrogen and oxygen atoms in total. The molecule has 1 aliphatic heterocycles. The van der Waals surface area contributed by atoms with Crippen LogP contribution in [-0.4, -0.2) is 52.6 Å². The first-order valence-corrected chi connectivity index (χ1v) is 11.8. The molecule has 1 amide bonds. The van der Waals surface area contributed by atoms with Gasteiger partial charge in [-0.3, -0.25) is 4.79 Å². The lowest BCUT2D eigenvalue weighted by Crippen LogP contribution is -2.55. The molecule has 1 fully saturated rings. The van der Waals surface area contributed by atoms with E-state index in [4.69, 9.17) is 11.6 Å². The standard InChI is InChI=1S/C25H20ClF2N3O2S/c1-2-21(33)30-7-8-31(15(12-27)13-30)25-19-11-20(26)22(23(28)24(19)29-34-25)18-10-16(32)9-14-5-3-4-6-17(14)18/h2-6,9-11,15,32H,1,7-8,12-13H2. The molecule has 9 heteroatoms. The fourth-order valence-corrected chi connectivity index (χ4v) is 5.79. The smallest absolute Gasteiger partial charge is 0.246 e. The molecular formula is C25H20ClF2N3O2S. The van der Waals surface area contributed by atoms with Gasteiger partial charge in [0.2, 0.25) is 5.91 Å². The third kappa shape index (κ3) is 3.67. The van der Waals surface area contributed by atoms with Crippen LogP contribution >= 0.6 is 23.1 Å². The minimum Gasteiger partial charge on any atom is -0.508 e. The monoisotopic (exact) mass is 499 g/mol. The molecule has 5 rings (SSSR count). The van der Waals surface area contributed by atoms with Crippen LogP contribution < -0.4 is 4.90 Å². The van der Waals surface area contributed by atoms with Crippen molar-refractivity contribution in [2.45, 2.75) is 6.04 Å². The largest absolute Gasteiger partial charge is 0.508 e. The summed E-state index contributed by atoms with van der Waals surface area (Å²) in [6.07, 6.45) is 1.22. The molecule has 3 aromatic carbocycles. The van der Waals surface area contributed by atoms with Gasteiger partial charge < -0.3 is 14.9 Å². The Morgan fingerprint density at radius 3 is 2.82 bits per heavy atom. The summed E-state index contributed by atoms with van der Waals surface area (Å²) in [5, 5.41) is 13.0. The molecule has 1 aromatic heterocycles. The van der Waals surface area contributed by atoms with Crippen molar-refractivity contribution in [1.82, 2.24) is 9.27 Å². The van der Waals surface area contributed by atoms with E-state index < -0.39 is 18.5 Å². The second-order valence-corrected chi connectivity index (χ2v) is 9.29. The normalized spacial score (nSPS) is 16.4. The van der Waals surface area contributed by atoms with Gasteiger partial charge >= 0.3 is 0 Å². The van der Waals surface area contributed by atoms with E-state index in [-0.39, 0.29) is 34.3 Å². The summed E-state index contributed by atoms with van der Waals surface area (Å²) in [5.41, 5.74) is 0.753. The zero-order chi connectivity index (χ0) is 24.0. The van der Waals surface area contributed by atoms with Crippen molar-refractivity contribution in [3.8, 4) is 16.9 Å². The highest BCUT2D eigenvalue weighted by Crippen LogP contribution is 2.44. The average molecular weight is 500 g/mol. The van der Waals surface area contributed by atoms with Gasteiger partial charge in [-0.15, -0.1) is 0 Å². The number of rotatable bonds is 4. The van der Waals surface area contributed by atoms with Gasteiger partial charge in [0.15, 0.2) is 5.82 Å². The second-order valence-electron chi connectivity index (χ2n) is 8.14. The number of hydrogen-bond donors (Lipinski definition) is 1. The maximum Gasteiger partial charge on any atom is 0.246 e. The Balaban J connectivity index is 1.61. The summed E-state index contributed by atoms with van der Waals surface area (Å²) in [5.74, 6) is -0.844. The Hall–Kier alpha value is -3.23.